The van der Waals surface area contributed by atoms with Crippen molar-refractivity contribution in [3.63, 3.8) is 0 Å². The SMILES string of the molecule is CCCCCCCCCC(=O)C(Br)[N+](=O)[O-]. The van der Waals surface area contributed by atoms with E-state index in [1.807, 2.05) is 0 Å². The van der Waals surface area contributed by atoms with E-state index in [9.17, 15) is 14.9 Å². The van der Waals surface area contributed by atoms with Crippen LogP contribution in [0.3, 0.4) is 0 Å². The molecular weight excluding hydrogens is 274 g/mol. The van der Waals surface area contributed by atoms with E-state index in [1.165, 1.54) is 25.7 Å². The van der Waals surface area contributed by atoms with Gasteiger partial charge < -0.3 is 0 Å². The Morgan fingerprint density at radius 3 is 2.19 bits per heavy atom. The van der Waals surface area contributed by atoms with Crippen molar-refractivity contribution in [3.05, 3.63) is 10.1 Å². The summed E-state index contributed by atoms with van der Waals surface area (Å²) in [5.41, 5.74) is 0. The van der Waals surface area contributed by atoms with Crippen molar-refractivity contribution < 1.29 is 9.72 Å². The van der Waals surface area contributed by atoms with E-state index < -0.39 is 9.87 Å². The Kier molecular flexibility index (Phi) is 9.48. The Morgan fingerprint density at radius 2 is 1.69 bits per heavy atom. The molecule has 0 aliphatic carbocycles. The Balaban J connectivity index is 3.38. The lowest BCUT2D eigenvalue weighted by atomic mass is 10.1. The standard InChI is InChI=1S/C11H20BrNO3/c1-2-3-4-5-6-7-8-9-10(14)11(12)13(15)16/h11H,2-9H2,1H3. The fourth-order valence-electron chi connectivity index (χ4n) is 1.49. The highest BCUT2D eigenvalue weighted by atomic mass is 79.9. The van der Waals surface area contributed by atoms with Crippen molar-refractivity contribution in [3.8, 4) is 0 Å². The van der Waals surface area contributed by atoms with Gasteiger partial charge in [0.05, 0.1) is 0 Å². The van der Waals surface area contributed by atoms with E-state index in [4.69, 9.17) is 0 Å². The van der Waals surface area contributed by atoms with E-state index in [0.717, 1.165) is 19.3 Å². The molecule has 0 N–H and O–H groups in total. The number of nitro groups is 1. The third-order valence-electron chi connectivity index (χ3n) is 2.48. The third kappa shape index (κ3) is 7.79. The van der Waals surface area contributed by atoms with Crippen LogP contribution in [0.15, 0.2) is 0 Å². The summed E-state index contributed by atoms with van der Waals surface area (Å²) in [5, 5.41) is 10.3. The first-order valence-corrected chi connectivity index (χ1v) is 6.81. The fourth-order valence-corrected chi connectivity index (χ4v) is 1.72. The van der Waals surface area contributed by atoms with Crippen LogP contribution in [-0.4, -0.2) is 15.7 Å². The Hall–Kier alpha value is -0.450. The number of carbonyl (C=O) groups excluding carboxylic acids is 1. The molecule has 0 aromatic carbocycles. The third-order valence-corrected chi connectivity index (χ3v) is 3.32. The number of alkyl halides is 1. The number of ketones is 1. The number of hydrogen-bond acceptors (Lipinski definition) is 3. The molecule has 16 heavy (non-hydrogen) atoms. The number of rotatable bonds is 10. The van der Waals surface area contributed by atoms with Gasteiger partial charge in [-0.25, -0.2) is 0 Å². The van der Waals surface area contributed by atoms with Crippen LogP contribution in [0.4, 0.5) is 0 Å². The summed E-state index contributed by atoms with van der Waals surface area (Å²) in [4.78, 5) is 19.7. The van der Waals surface area contributed by atoms with E-state index in [2.05, 4.69) is 22.9 Å². The average molecular weight is 294 g/mol. The second-order valence-corrected chi connectivity index (χ2v) is 4.83. The molecule has 0 heterocycles. The van der Waals surface area contributed by atoms with E-state index in [0.29, 0.717) is 6.42 Å². The zero-order valence-electron chi connectivity index (χ0n) is 9.78. The van der Waals surface area contributed by atoms with Crippen molar-refractivity contribution in [2.45, 2.75) is 63.2 Å². The van der Waals surface area contributed by atoms with Gasteiger partial charge in [-0.15, -0.1) is 0 Å². The summed E-state index contributed by atoms with van der Waals surface area (Å²) in [6.45, 7) is 2.17. The van der Waals surface area contributed by atoms with Gasteiger partial charge in [-0.3, -0.25) is 14.9 Å². The normalized spacial score (nSPS) is 12.4. The molecule has 5 heteroatoms. The summed E-state index contributed by atoms with van der Waals surface area (Å²) in [6, 6.07) is 0. The molecule has 4 nitrogen and oxygen atoms in total. The minimum atomic E-state index is -1.22. The van der Waals surface area contributed by atoms with Crippen molar-refractivity contribution in [2.75, 3.05) is 0 Å². The van der Waals surface area contributed by atoms with Gasteiger partial charge in [-0.2, -0.15) is 0 Å². The van der Waals surface area contributed by atoms with Crippen LogP contribution in [0, 0.1) is 10.1 Å². The van der Waals surface area contributed by atoms with Gasteiger partial charge in [0.15, 0.2) is 0 Å². The molecule has 1 atom stereocenters. The van der Waals surface area contributed by atoms with Crippen LogP contribution in [-0.2, 0) is 4.79 Å². The van der Waals surface area contributed by atoms with Gasteiger partial charge in [-0.05, 0) is 6.42 Å². The molecule has 0 saturated carbocycles. The molecule has 0 radical (unpaired) electrons. The van der Waals surface area contributed by atoms with Crippen molar-refractivity contribution >= 4 is 21.7 Å². The molecule has 0 aliphatic rings. The van der Waals surface area contributed by atoms with Crippen LogP contribution < -0.4 is 0 Å². The Labute approximate surface area is 105 Å². The minimum Gasteiger partial charge on any atom is -0.291 e. The van der Waals surface area contributed by atoms with Crippen molar-refractivity contribution in [2.24, 2.45) is 0 Å². The second kappa shape index (κ2) is 9.75. The zero-order valence-corrected chi connectivity index (χ0v) is 11.4. The first kappa shape index (κ1) is 15.6. The van der Waals surface area contributed by atoms with Gasteiger partial charge in [0, 0.05) is 27.3 Å². The highest BCUT2D eigenvalue weighted by molar-refractivity contribution is 9.09. The number of nitrogens with zero attached hydrogens (tertiary/aromatic N) is 1. The van der Waals surface area contributed by atoms with Gasteiger partial charge >= 0.3 is 4.95 Å². The molecule has 0 aromatic rings. The molecule has 94 valence electrons. The van der Waals surface area contributed by atoms with Crippen molar-refractivity contribution in [1.29, 1.82) is 0 Å². The van der Waals surface area contributed by atoms with Crippen LogP contribution in [0.25, 0.3) is 0 Å². The number of Topliss-reactive ketones (excluding diaryl/α,β-unsaturated/α-hetero) is 1. The molecule has 0 fully saturated rings. The Bertz CT molecular complexity index is 221. The summed E-state index contributed by atoms with van der Waals surface area (Å²) < 4.78 is 0. The van der Waals surface area contributed by atoms with Gasteiger partial charge in [0.2, 0.25) is 5.78 Å². The molecule has 0 aromatic heterocycles. The monoisotopic (exact) mass is 293 g/mol. The molecule has 1 unspecified atom stereocenters. The highest BCUT2D eigenvalue weighted by Crippen LogP contribution is 2.11. The van der Waals surface area contributed by atoms with E-state index in [-0.39, 0.29) is 5.78 Å². The first-order valence-electron chi connectivity index (χ1n) is 5.90. The highest BCUT2D eigenvalue weighted by Gasteiger charge is 2.24. The quantitative estimate of drug-likeness (QED) is 0.203. The van der Waals surface area contributed by atoms with Gasteiger partial charge in [0.25, 0.3) is 0 Å². The maximum absolute atomic E-state index is 11.2. The lowest BCUT2D eigenvalue weighted by Gasteiger charge is -2.02. The van der Waals surface area contributed by atoms with Crippen LogP contribution in [0.2, 0.25) is 0 Å². The lowest BCUT2D eigenvalue weighted by molar-refractivity contribution is -0.479. The van der Waals surface area contributed by atoms with E-state index >= 15 is 0 Å². The molecule has 0 spiro atoms. The van der Waals surface area contributed by atoms with Crippen LogP contribution in [0.1, 0.15) is 58.3 Å². The molecule has 0 aliphatic heterocycles. The number of carbonyl (C=O) groups is 1. The predicted octanol–water partition coefficient (Wildman–Crippen LogP) is 3.69. The number of halogens is 1. The Morgan fingerprint density at radius 1 is 1.19 bits per heavy atom. The van der Waals surface area contributed by atoms with Gasteiger partial charge in [-0.1, -0.05) is 45.4 Å². The van der Waals surface area contributed by atoms with Crippen LogP contribution in [0.5, 0.6) is 0 Å². The van der Waals surface area contributed by atoms with Gasteiger partial charge in [0.1, 0.15) is 0 Å². The number of hydrogen-bond donors (Lipinski definition) is 0. The maximum atomic E-state index is 11.2. The largest absolute Gasteiger partial charge is 0.322 e. The second-order valence-electron chi connectivity index (χ2n) is 3.96. The average Bonchev–Trinajstić information content (AvgIpc) is 2.26. The molecule has 0 bridgehead atoms. The topological polar surface area (TPSA) is 60.2 Å². The summed E-state index contributed by atoms with van der Waals surface area (Å²) in [5.74, 6) is -0.321. The smallest absolute Gasteiger partial charge is 0.291 e. The fraction of sp³-hybridized carbons (Fsp3) is 0.909. The zero-order chi connectivity index (χ0) is 12.4. The van der Waals surface area contributed by atoms with E-state index in [1.54, 1.807) is 0 Å². The maximum Gasteiger partial charge on any atom is 0.322 e. The summed E-state index contributed by atoms with van der Waals surface area (Å²) in [7, 11) is 0. The number of unbranched alkanes of at least 4 members (excludes halogenated alkanes) is 6. The minimum absolute atomic E-state index is 0.310. The molecule has 0 amide bonds. The molecule has 0 saturated heterocycles. The summed E-state index contributed by atoms with van der Waals surface area (Å²) in [6.07, 6.45) is 8.14. The molecular formula is C11H20BrNO3. The van der Waals surface area contributed by atoms with Crippen LogP contribution >= 0.6 is 15.9 Å². The first-order chi connectivity index (χ1) is 7.59. The summed E-state index contributed by atoms with van der Waals surface area (Å²) >= 11 is 2.76. The predicted molar refractivity (Wildman–Crippen MR) is 67.3 cm³/mol. The lowest BCUT2D eigenvalue weighted by Crippen LogP contribution is -2.22. The van der Waals surface area contributed by atoms with Crippen molar-refractivity contribution in [1.82, 2.24) is 0 Å². The molecule has 0 rings (SSSR count).